The molecular formula is C18H26IN7. The highest BCUT2D eigenvalue weighted by Gasteiger charge is 2.05. The van der Waals surface area contributed by atoms with Crippen LogP contribution in [0.5, 0.6) is 0 Å². The summed E-state index contributed by atoms with van der Waals surface area (Å²) in [6.45, 7) is 7.12. The first-order valence-electron chi connectivity index (χ1n) is 8.75. The maximum absolute atomic E-state index is 4.61. The molecular weight excluding hydrogens is 441 g/mol. The van der Waals surface area contributed by atoms with Gasteiger partial charge < -0.3 is 20.2 Å². The molecule has 0 saturated carbocycles. The van der Waals surface area contributed by atoms with Crippen molar-refractivity contribution in [1.29, 1.82) is 0 Å². The molecule has 2 aromatic heterocycles. The van der Waals surface area contributed by atoms with Gasteiger partial charge in [-0.05, 0) is 31.9 Å². The second-order valence-corrected chi connectivity index (χ2v) is 5.76. The summed E-state index contributed by atoms with van der Waals surface area (Å²) in [4.78, 5) is 7.93. The van der Waals surface area contributed by atoms with Crippen molar-refractivity contribution in [1.82, 2.24) is 30.4 Å². The zero-order chi connectivity index (χ0) is 17.5. The van der Waals surface area contributed by atoms with Crippen molar-refractivity contribution in [3.05, 3.63) is 48.2 Å². The van der Waals surface area contributed by atoms with Crippen LogP contribution in [-0.2, 0) is 19.5 Å². The molecule has 0 atom stereocenters. The zero-order valence-electron chi connectivity index (χ0n) is 15.2. The lowest BCUT2D eigenvalue weighted by atomic mass is 10.1. The molecule has 0 bridgehead atoms. The Balaban J connectivity index is 0.00000243. The van der Waals surface area contributed by atoms with Crippen molar-refractivity contribution in [3.8, 4) is 0 Å². The number of aryl methyl sites for hydroxylation is 1. The number of fused-ring (bicyclic) bond motifs is 1. The van der Waals surface area contributed by atoms with Crippen LogP contribution in [0.1, 0.15) is 25.2 Å². The monoisotopic (exact) mass is 467 g/mol. The van der Waals surface area contributed by atoms with E-state index in [1.807, 2.05) is 10.6 Å². The maximum atomic E-state index is 4.61. The van der Waals surface area contributed by atoms with Crippen molar-refractivity contribution in [3.63, 3.8) is 0 Å². The Morgan fingerprint density at radius 1 is 1.23 bits per heavy atom. The van der Waals surface area contributed by atoms with Gasteiger partial charge in [0.1, 0.15) is 12.9 Å². The van der Waals surface area contributed by atoms with E-state index in [0.717, 1.165) is 37.8 Å². The van der Waals surface area contributed by atoms with Crippen LogP contribution in [0.4, 0.5) is 0 Å². The van der Waals surface area contributed by atoms with E-state index < -0.39 is 0 Å². The third kappa shape index (κ3) is 4.96. The van der Waals surface area contributed by atoms with Gasteiger partial charge in [-0.25, -0.2) is 4.99 Å². The quantitative estimate of drug-likeness (QED) is 0.284. The Kier molecular flexibility index (Phi) is 7.89. The third-order valence-corrected chi connectivity index (χ3v) is 4.12. The summed E-state index contributed by atoms with van der Waals surface area (Å²) in [7, 11) is 0. The molecule has 0 aliphatic carbocycles. The average Bonchev–Trinajstić information content (AvgIpc) is 3.26. The summed E-state index contributed by atoms with van der Waals surface area (Å²) in [5.74, 6) is 1.67. The SMILES string of the molecule is CCNC(=NCc1nncn1CC)NCCc1c[nH]c2ccccc12.I. The van der Waals surface area contributed by atoms with E-state index in [1.165, 1.54) is 16.5 Å². The van der Waals surface area contributed by atoms with E-state index >= 15 is 0 Å². The first kappa shape index (κ1) is 20.2. The molecule has 2 heterocycles. The Bertz CT molecular complexity index is 837. The second-order valence-electron chi connectivity index (χ2n) is 5.76. The van der Waals surface area contributed by atoms with Gasteiger partial charge in [0.2, 0.25) is 0 Å². The van der Waals surface area contributed by atoms with Crippen LogP contribution in [0.15, 0.2) is 41.8 Å². The summed E-state index contributed by atoms with van der Waals surface area (Å²) in [6.07, 6.45) is 4.75. The van der Waals surface area contributed by atoms with Crippen LogP contribution in [-0.4, -0.2) is 38.8 Å². The van der Waals surface area contributed by atoms with Gasteiger partial charge in [-0.1, -0.05) is 18.2 Å². The number of halogens is 1. The third-order valence-electron chi connectivity index (χ3n) is 4.12. The molecule has 0 unspecified atom stereocenters. The summed E-state index contributed by atoms with van der Waals surface area (Å²) in [5.41, 5.74) is 2.49. The van der Waals surface area contributed by atoms with Gasteiger partial charge >= 0.3 is 0 Å². The normalized spacial score (nSPS) is 11.4. The van der Waals surface area contributed by atoms with Gasteiger partial charge in [-0.15, -0.1) is 34.2 Å². The predicted octanol–water partition coefficient (Wildman–Crippen LogP) is 2.70. The number of para-hydroxylation sites is 1. The van der Waals surface area contributed by atoms with Crippen LogP contribution in [0.3, 0.4) is 0 Å². The van der Waals surface area contributed by atoms with Gasteiger partial charge in [0.25, 0.3) is 0 Å². The standard InChI is InChI=1S/C18H25N7.HI/c1-3-19-18(22-12-17-24-23-13-25(17)4-2)20-10-9-14-11-21-16-8-6-5-7-15(14)16;/h5-8,11,13,21H,3-4,9-10,12H2,1-2H3,(H2,19,20,22);1H. The van der Waals surface area contributed by atoms with Crippen LogP contribution in [0, 0.1) is 0 Å². The number of aliphatic imine (C=N–C) groups is 1. The Hall–Kier alpha value is -2.10. The number of aromatic nitrogens is 4. The average molecular weight is 467 g/mol. The van der Waals surface area contributed by atoms with Crippen molar-refractivity contribution < 1.29 is 0 Å². The van der Waals surface area contributed by atoms with Gasteiger partial charge in [-0.3, -0.25) is 0 Å². The topological polar surface area (TPSA) is 82.9 Å². The molecule has 0 amide bonds. The van der Waals surface area contributed by atoms with Crippen molar-refractivity contribution in [2.75, 3.05) is 13.1 Å². The van der Waals surface area contributed by atoms with Crippen LogP contribution in [0.25, 0.3) is 10.9 Å². The first-order valence-corrected chi connectivity index (χ1v) is 8.75. The molecule has 0 radical (unpaired) electrons. The molecule has 3 N–H and O–H groups in total. The Labute approximate surface area is 170 Å². The molecule has 26 heavy (non-hydrogen) atoms. The highest BCUT2D eigenvalue weighted by Crippen LogP contribution is 2.17. The van der Waals surface area contributed by atoms with Crippen LogP contribution in [0.2, 0.25) is 0 Å². The number of rotatable bonds is 7. The van der Waals surface area contributed by atoms with E-state index in [9.17, 15) is 0 Å². The van der Waals surface area contributed by atoms with Gasteiger partial charge in [0.05, 0.1) is 0 Å². The van der Waals surface area contributed by atoms with Gasteiger partial charge in [-0.2, -0.15) is 0 Å². The molecule has 0 spiro atoms. The van der Waals surface area contributed by atoms with Crippen LogP contribution >= 0.6 is 24.0 Å². The molecule has 0 aliphatic rings. The van der Waals surface area contributed by atoms with Crippen molar-refractivity contribution >= 4 is 40.8 Å². The fourth-order valence-corrected chi connectivity index (χ4v) is 2.81. The van der Waals surface area contributed by atoms with E-state index in [0.29, 0.717) is 6.54 Å². The number of aromatic amines is 1. The molecule has 7 nitrogen and oxygen atoms in total. The number of hydrogen-bond acceptors (Lipinski definition) is 3. The predicted molar refractivity (Wildman–Crippen MR) is 116 cm³/mol. The molecule has 8 heteroatoms. The molecule has 3 rings (SSSR count). The summed E-state index contributed by atoms with van der Waals surface area (Å²) in [5, 5.41) is 16.0. The molecule has 0 fully saturated rings. The summed E-state index contributed by atoms with van der Waals surface area (Å²) >= 11 is 0. The molecule has 0 saturated heterocycles. The van der Waals surface area contributed by atoms with Crippen molar-refractivity contribution in [2.45, 2.75) is 33.4 Å². The Morgan fingerprint density at radius 2 is 2.08 bits per heavy atom. The van der Waals surface area contributed by atoms with E-state index in [1.54, 1.807) is 6.33 Å². The lowest BCUT2D eigenvalue weighted by Crippen LogP contribution is -2.38. The maximum Gasteiger partial charge on any atom is 0.191 e. The van der Waals surface area contributed by atoms with E-state index in [2.05, 4.69) is 69.1 Å². The van der Waals surface area contributed by atoms with E-state index in [-0.39, 0.29) is 24.0 Å². The number of nitrogens with zero attached hydrogens (tertiary/aromatic N) is 4. The van der Waals surface area contributed by atoms with Crippen LogP contribution < -0.4 is 10.6 Å². The van der Waals surface area contributed by atoms with E-state index in [4.69, 9.17) is 0 Å². The molecule has 0 aliphatic heterocycles. The number of nitrogens with one attached hydrogen (secondary N) is 3. The molecule has 140 valence electrons. The van der Waals surface area contributed by atoms with Crippen molar-refractivity contribution in [2.24, 2.45) is 4.99 Å². The summed E-state index contributed by atoms with van der Waals surface area (Å²) in [6, 6.07) is 8.37. The molecule has 1 aromatic carbocycles. The lowest BCUT2D eigenvalue weighted by molar-refractivity contribution is 0.694. The fourth-order valence-electron chi connectivity index (χ4n) is 2.81. The minimum absolute atomic E-state index is 0. The number of benzene rings is 1. The highest BCUT2D eigenvalue weighted by atomic mass is 127. The molecule has 3 aromatic rings. The smallest absolute Gasteiger partial charge is 0.191 e. The van der Waals surface area contributed by atoms with Gasteiger partial charge in [0, 0.05) is 36.7 Å². The minimum atomic E-state index is 0. The van der Waals surface area contributed by atoms with Gasteiger partial charge in [0.15, 0.2) is 11.8 Å². The minimum Gasteiger partial charge on any atom is -0.361 e. The highest BCUT2D eigenvalue weighted by molar-refractivity contribution is 14.0. The largest absolute Gasteiger partial charge is 0.361 e. The number of H-pyrrole nitrogens is 1. The summed E-state index contributed by atoms with van der Waals surface area (Å²) < 4.78 is 2.00. The first-order chi connectivity index (χ1) is 12.3. The number of guanidine groups is 1. The fraction of sp³-hybridized carbons (Fsp3) is 0.389. The second kappa shape index (κ2) is 10.1. The zero-order valence-corrected chi connectivity index (χ0v) is 17.5. The lowest BCUT2D eigenvalue weighted by Gasteiger charge is -2.11. The number of hydrogen-bond donors (Lipinski definition) is 3. The Morgan fingerprint density at radius 3 is 2.88 bits per heavy atom.